The van der Waals surface area contributed by atoms with Crippen molar-refractivity contribution in [2.75, 3.05) is 7.11 Å². The van der Waals surface area contributed by atoms with E-state index in [2.05, 4.69) is 5.32 Å². The first-order chi connectivity index (χ1) is 8.19. The topological polar surface area (TPSA) is 55.4 Å². The third kappa shape index (κ3) is 2.31. The number of hydrogen-bond acceptors (Lipinski definition) is 3. The molecule has 0 aromatic rings. The van der Waals surface area contributed by atoms with Crippen LogP contribution in [0.15, 0.2) is 0 Å². The maximum Gasteiger partial charge on any atom is 0.321 e. The molecule has 2 aliphatic carbocycles. The van der Waals surface area contributed by atoms with Crippen LogP contribution in [0.3, 0.4) is 0 Å². The van der Waals surface area contributed by atoms with E-state index in [0.717, 1.165) is 19.3 Å². The molecule has 0 saturated heterocycles. The molecule has 96 valence electrons. The molecule has 1 N–H and O–H groups in total. The van der Waals surface area contributed by atoms with E-state index >= 15 is 0 Å². The molecule has 4 heteroatoms. The first kappa shape index (κ1) is 12.4. The Kier molecular flexibility index (Phi) is 3.69. The number of esters is 1. The predicted octanol–water partition coefficient (Wildman–Crippen LogP) is 1.78. The normalized spacial score (nSPS) is 23.6. The lowest BCUT2D eigenvalue weighted by atomic mass is 9.68. The van der Waals surface area contributed by atoms with E-state index in [9.17, 15) is 9.59 Å². The van der Waals surface area contributed by atoms with Crippen LogP contribution >= 0.6 is 0 Å². The van der Waals surface area contributed by atoms with Gasteiger partial charge in [-0.05, 0) is 25.7 Å². The minimum atomic E-state index is -0.869. The van der Waals surface area contributed by atoms with E-state index in [-0.39, 0.29) is 17.9 Å². The summed E-state index contributed by atoms with van der Waals surface area (Å²) in [6.07, 6.45) is 7.91. The lowest BCUT2D eigenvalue weighted by Gasteiger charge is -2.38. The second kappa shape index (κ2) is 5.07. The fourth-order valence-corrected chi connectivity index (χ4v) is 2.82. The van der Waals surface area contributed by atoms with Gasteiger partial charge in [0.1, 0.15) is 5.41 Å². The molecule has 0 heterocycles. The third-order valence-corrected chi connectivity index (χ3v) is 4.16. The summed E-state index contributed by atoms with van der Waals surface area (Å²) in [6.45, 7) is 0. The number of nitrogens with one attached hydrogen (secondary N) is 1. The number of methoxy groups -OCH3 is 1. The summed E-state index contributed by atoms with van der Waals surface area (Å²) >= 11 is 0. The summed E-state index contributed by atoms with van der Waals surface area (Å²) < 4.78 is 4.77. The SMILES string of the molecule is COC(=O)C1(C(=O)NC2CCCCC2)CCC1. The van der Waals surface area contributed by atoms with Gasteiger partial charge in [-0.2, -0.15) is 0 Å². The molecule has 2 saturated carbocycles. The van der Waals surface area contributed by atoms with Crippen LogP contribution in [0.25, 0.3) is 0 Å². The Morgan fingerprint density at radius 3 is 2.24 bits per heavy atom. The van der Waals surface area contributed by atoms with Crippen molar-refractivity contribution in [3.05, 3.63) is 0 Å². The lowest BCUT2D eigenvalue weighted by Crippen LogP contribution is -2.54. The molecule has 17 heavy (non-hydrogen) atoms. The first-order valence-corrected chi connectivity index (χ1v) is 6.58. The molecule has 0 radical (unpaired) electrons. The molecule has 0 aliphatic heterocycles. The zero-order valence-corrected chi connectivity index (χ0v) is 10.5. The molecule has 0 unspecified atom stereocenters. The Bertz CT molecular complexity index is 304. The third-order valence-electron chi connectivity index (χ3n) is 4.16. The van der Waals surface area contributed by atoms with Gasteiger partial charge in [-0.1, -0.05) is 25.7 Å². The van der Waals surface area contributed by atoms with Gasteiger partial charge < -0.3 is 10.1 Å². The quantitative estimate of drug-likeness (QED) is 0.603. The van der Waals surface area contributed by atoms with Crippen LogP contribution in [-0.2, 0) is 14.3 Å². The molecule has 1 amide bonds. The van der Waals surface area contributed by atoms with Crippen LogP contribution < -0.4 is 5.32 Å². The number of carbonyl (C=O) groups is 2. The van der Waals surface area contributed by atoms with Gasteiger partial charge in [0.2, 0.25) is 5.91 Å². The van der Waals surface area contributed by atoms with Crippen molar-refractivity contribution >= 4 is 11.9 Å². The van der Waals surface area contributed by atoms with E-state index < -0.39 is 5.41 Å². The molecular weight excluding hydrogens is 218 g/mol. The molecule has 0 spiro atoms. The van der Waals surface area contributed by atoms with Crippen LogP contribution in [-0.4, -0.2) is 25.0 Å². The van der Waals surface area contributed by atoms with E-state index in [1.807, 2.05) is 0 Å². The smallest absolute Gasteiger partial charge is 0.321 e. The van der Waals surface area contributed by atoms with Crippen molar-refractivity contribution < 1.29 is 14.3 Å². The standard InChI is InChI=1S/C13H21NO3/c1-17-12(16)13(8-5-9-13)11(15)14-10-6-3-2-4-7-10/h10H,2-9H2,1H3,(H,14,15). The van der Waals surface area contributed by atoms with Crippen LogP contribution in [0.2, 0.25) is 0 Å². The summed E-state index contributed by atoms with van der Waals surface area (Å²) in [4.78, 5) is 23.9. The first-order valence-electron chi connectivity index (χ1n) is 6.58. The van der Waals surface area contributed by atoms with Crippen molar-refractivity contribution in [2.24, 2.45) is 5.41 Å². The molecule has 2 fully saturated rings. The molecule has 0 aromatic carbocycles. The monoisotopic (exact) mass is 239 g/mol. The zero-order chi connectivity index (χ0) is 12.3. The number of hydrogen-bond donors (Lipinski definition) is 1. The fraction of sp³-hybridized carbons (Fsp3) is 0.846. The van der Waals surface area contributed by atoms with Gasteiger partial charge in [0, 0.05) is 6.04 Å². The maximum atomic E-state index is 12.2. The van der Waals surface area contributed by atoms with Crippen molar-refractivity contribution in [3.63, 3.8) is 0 Å². The Balaban J connectivity index is 1.95. The molecule has 2 rings (SSSR count). The number of amides is 1. The minimum absolute atomic E-state index is 0.109. The highest BCUT2D eigenvalue weighted by atomic mass is 16.5. The van der Waals surface area contributed by atoms with Gasteiger partial charge >= 0.3 is 5.97 Å². The second-order valence-corrected chi connectivity index (χ2v) is 5.24. The Hall–Kier alpha value is -1.06. The van der Waals surface area contributed by atoms with Crippen molar-refractivity contribution in [1.82, 2.24) is 5.32 Å². The summed E-state index contributed by atoms with van der Waals surface area (Å²) in [5.74, 6) is -0.473. The maximum absolute atomic E-state index is 12.2. The van der Waals surface area contributed by atoms with E-state index in [1.54, 1.807) is 0 Å². The minimum Gasteiger partial charge on any atom is -0.468 e. The number of rotatable bonds is 3. The van der Waals surface area contributed by atoms with E-state index in [1.165, 1.54) is 26.4 Å². The molecule has 4 nitrogen and oxygen atoms in total. The number of carbonyl (C=O) groups excluding carboxylic acids is 2. The molecule has 2 aliphatic rings. The van der Waals surface area contributed by atoms with Gasteiger partial charge in [-0.3, -0.25) is 9.59 Å². The van der Waals surface area contributed by atoms with Gasteiger partial charge in [0.05, 0.1) is 7.11 Å². The van der Waals surface area contributed by atoms with Gasteiger partial charge in [-0.25, -0.2) is 0 Å². The zero-order valence-electron chi connectivity index (χ0n) is 10.5. The van der Waals surface area contributed by atoms with E-state index in [0.29, 0.717) is 12.8 Å². The summed E-state index contributed by atoms with van der Waals surface area (Å²) in [7, 11) is 1.36. The van der Waals surface area contributed by atoms with Crippen LogP contribution in [0, 0.1) is 5.41 Å². The molecule has 0 aromatic heterocycles. The fourth-order valence-electron chi connectivity index (χ4n) is 2.82. The van der Waals surface area contributed by atoms with E-state index in [4.69, 9.17) is 4.74 Å². The van der Waals surface area contributed by atoms with Crippen LogP contribution in [0.1, 0.15) is 51.4 Å². The van der Waals surface area contributed by atoms with Crippen LogP contribution in [0.5, 0.6) is 0 Å². The van der Waals surface area contributed by atoms with Crippen LogP contribution in [0.4, 0.5) is 0 Å². The molecule has 0 atom stereocenters. The lowest BCUT2D eigenvalue weighted by molar-refractivity contribution is -0.165. The summed E-state index contributed by atoms with van der Waals surface area (Å²) in [5.41, 5.74) is -0.869. The highest BCUT2D eigenvalue weighted by Crippen LogP contribution is 2.42. The summed E-state index contributed by atoms with van der Waals surface area (Å²) in [6, 6.07) is 0.262. The van der Waals surface area contributed by atoms with Gasteiger partial charge in [0.25, 0.3) is 0 Å². The molecule has 0 bridgehead atoms. The summed E-state index contributed by atoms with van der Waals surface area (Å²) in [5, 5.41) is 3.04. The largest absolute Gasteiger partial charge is 0.468 e. The molecular formula is C13H21NO3. The average Bonchev–Trinajstić information content (AvgIpc) is 2.28. The Morgan fingerprint density at radius 1 is 1.12 bits per heavy atom. The van der Waals surface area contributed by atoms with Crippen molar-refractivity contribution in [3.8, 4) is 0 Å². The Morgan fingerprint density at radius 2 is 1.76 bits per heavy atom. The van der Waals surface area contributed by atoms with Gasteiger partial charge in [-0.15, -0.1) is 0 Å². The van der Waals surface area contributed by atoms with Crippen molar-refractivity contribution in [1.29, 1.82) is 0 Å². The predicted molar refractivity (Wildman–Crippen MR) is 63.3 cm³/mol. The highest BCUT2D eigenvalue weighted by molar-refractivity contribution is 6.03. The highest BCUT2D eigenvalue weighted by Gasteiger charge is 2.52. The van der Waals surface area contributed by atoms with Crippen molar-refractivity contribution in [2.45, 2.75) is 57.4 Å². The average molecular weight is 239 g/mol. The van der Waals surface area contributed by atoms with Gasteiger partial charge in [0.15, 0.2) is 0 Å². The Labute approximate surface area is 102 Å². The number of ether oxygens (including phenoxy) is 1. The second-order valence-electron chi connectivity index (χ2n) is 5.24.